The van der Waals surface area contributed by atoms with Gasteiger partial charge in [0.05, 0.1) is 11.8 Å². The molecule has 0 fully saturated rings. The summed E-state index contributed by atoms with van der Waals surface area (Å²) in [5, 5.41) is 0.857. The summed E-state index contributed by atoms with van der Waals surface area (Å²) in [7, 11) is 4.21. The zero-order valence-corrected chi connectivity index (χ0v) is 16.3. The van der Waals surface area contributed by atoms with Gasteiger partial charge in [-0.25, -0.2) is 0 Å². The van der Waals surface area contributed by atoms with Crippen LogP contribution in [0.1, 0.15) is 23.1 Å². The Morgan fingerprint density at radius 1 is 1.04 bits per heavy atom. The maximum absolute atomic E-state index is 6.46. The smallest absolute Gasteiger partial charge is 0.0725 e. The van der Waals surface area contributed by atoms with Gasteiger partial charge in [0.2, 0.25) is 0 Å². The first-order chi connectivity index (χ1) is 10.6. The average molecular weight is 386 g/mol. The summed E-state index contributed by atoms with van der Waals surface area (Å²) in [6.45, 7) is 1.04. The van der Waals surface area contributed by atoms with E-state index in [1.165, 1.54) is 16.7 Å². The van der Waals surface area contributed by atoms with Crippen molar-refractivity contribution in [1.29, 1.82) is 0 Å². The third-order valence-electron chi connectivity index (χ3n) is 4.08. The van der Waals surface area contributed by atoms with Crippen LogP contribution in [0, 0.1) is 0 Å². The molecular weight excluding hydrogens is 363 g/mol. The van der Waals surface area contributed by atoms with E-state index in [1.807, 2.05) is 18.2 Å². The van der Waals surface area contributed by atoms with Gasteiger partial charge in [0, 0.05) is 16.1 Å². The van der Waals surface area contributed by atoms with Crippen LogP contribution in [0.4, 0.5) is 0 Å². The van der Waals surface area contributed by atoms with Gasteiger partial charge < -0.3 is 4.90 Å². The van der Waals surface area contributed by atoms with Crippen LogP contribution in [-0.4, -0.2) is 37.3 Å². The SMILES string of the molecule is CN(C)CCC1Cc2c(Cl)cccc2C(c2ccccc2)=N1.Cl.Cl. The Kier molecular flexibility index (Phi) is 8.24. The minimum absolute atomic E-state index is 0. The van der Waals surface area contributed by atoms with Crippen LogP contribution in [-0.2, 0) is 6.42 Å². The standard InChI is InChI=1S/C19H21ClN2.2ClH/c1-22(2)12-11-15-13-17-16(9-6-10-18(17)20)19(21-15)14-7-4-3-5-8-14;;/h3-10,15H,11-13H2,1-2H3;2*1H. The fourth-order valence-electron chi connectivity index (χ4n) is 2.92. The molecule has 5 heteroatoms. The lowest BCUT2D eigenvalue weighted by Crippen LogP contribution is -2.26. The molecule has 0 aromatic heterocycles. The average Bonchev–Trinajstić information content (AvgIpc) is 2.54. The summed E-state index contributed by atoms with van der Waals surface area (Å²) in [5.41, 5.74) is 4.66. The second kappa shape index (κ2) is 9.43. The van der Waals surface area contributed by atoms with Crippen LogP contribution in [0.15, 0.2) is 53.5 Å². The van der Waals surface area contributed by atoms with Crippen LogP contribution in [0.2, 0.25) is 5.02 Å². The molecule has 3 rings (SSSR count). The maximum atomic E-state index is 6.46. The molecule has 2 aromatic rings. The monoisotopic (exact) mass is 384 g/mol. The highest BCUT2D eigenvalue weighted by Crippen LogP contribution is 2.30. The van der Waals surface area contributed by atoms with E-state index in [2.05, 4.69) is 49.3 Å². The summed E-state index contributed by atoms with van der Waals surface area (Å²) >= 11 is 6.46. The molecule has 0 saturated heterocycles. The quantitative estimate of drug-likeness (QED) is 0.731. The third kappa shape index (κ3) is 4.73. The number of aliphatic imine (C=N–C) groups is 1. The van der Waals surface area contributed by atoms with E-state index < -0.39 is 0 Å². The van der Waals surface area contributed by atoms with E-state index in [0.29, 0.717) is 6.04 Å². The van der Waals surface area contributed by atoms with Gasteiger partial charge in [-0.2, -0.15) is 0 Å². The van der Waals surface area contributed by atoms with E-state index in [9.17, 15) is 0 Å². The minimum Gasteiger partial charge on any atom is -0.309 e. The topological polar surface area (TPSA) is 15.6 Å². The van der Waals surface area contributed by atoms with Crippen LogP contribution in [0.3, 0.4) is 0 Å². The normalized spacial score (nSPS) is 15.8. The molecule has 0 saturated carbocycles. The van der Waals surface area contributed by atoms with Crippen molar-refractivity contribution in [3.8, 4) is 0 Å². The summed E-state index contributed by atoms with van der Waals surface area (Å²) in [6.07, 6.45) is 1.98. The first kappa shape index (κ1) is 21.0. The second-order valence-electron chi connectivity index (χ2n) is 6.06. The third-order valence-corrected chi connectivity index (χ3v) is 4.44. The van der Waals surface area contributed by atoms with Crippen molar-refractivity contribution in [2.75, 3.05) is 20.6 Å². The molecule has 0 aliphatic carbocycles. The zero-order chi connectivity index (χ0) is 15.5. The van der Waals surface area contributed by atoms with Crippen LogP contribution >= 0.6 is 36.4 Å². The molecule has 1 heterocycles. The Morgan fingerprint density at radius 2 is 1.75 bits per heavy atom. The molecule has 0 radical (unpaired) electrons. The first-order valence-electron chi connectivity index (χ1n) is 7.71. The molecule has 2 aromatic carbocycles. The van der Waals surface area contributed by atoms with E-state index in [0.717, 1.165) is 30.1 Å². The lowest BCUT2D eigenvalue weighted by atomic mass is 9.89. The number of hydrogen-bond donors (Lipinski definition) is 0. The maximum Gasteiger partial charge on any atom is 0.0725 e. The molecular formula is C19H23Cl3N2. The molecule has 0 N–H and O–H groups in total. The highest BCUT2D eigenvalue weighted by molar-refractivity contribution is 6.32. The fourth-order valence-corrected chi connectivity index (χ4v) is 3.17. The molecule has 1 aliphatic rings. The van der Waals surface area contributed by atoms with Crippen molar-refractivity contribution in [3.05, 3.63) is 70.2 Å². The Bertz CT molecular complexity index is 684. The van der Waals surface area contributed by atoms with E-state index >= 15 is 0 Å². The Labute approximate surface area is 161 Å². The largest absolute Gasteiger partial charge is 0.309 e. The van der Waals surface area contributed by atoms with Crippen molar-refractivity contribution >= 4 is 42.1 Å². The lowest BCUT2D eigenvalue weighted by molar-refractivity contribution is 0.379. The molecule has 1 atom stereocenters. The number of halogens is 3. The molecule has 130 valence electrons. The van der Waals surface area contributed by atoms with Crippen LogP contribution in [0.5, 0.6) is 0 Å². The Morgan fingerprint density at radius 3 is 2.42 bits per heavy atom. The summed E-state index contributed by atoms with van der Waals surface area (Å²) < 4.78 is 0. The van der Waals surface area contributed by atoms with Gasteiger partial charge in [-0.3, -0.25) is 4.99 Å². The van der Waals surface area contributed by atoms with Crippen molar-refractivity contribution in [1.82, 2.24) is 4.90 Å². The van der Waals surface area contributed by atoms with Gasteiger partial charge in [-0.1, -0.05) is 54.1 Å². The highest BCUT2D eigenvalue weighted by atomic mass is 35.5. The number of hydrogen-bond acceptors (Lipinski definition) is 2. The van der Waals surface area contributed by atoms with Gasteiger partial charge in [0.15, 0.2) is 0 Å². The second-order valence-corrected chi connectivity index (χ2v) is 6.47. The predicted octanol–water partition coefficient (Wildman–Crippen LogP) is 4.90. The number of nitrogens with zero attached hydrogens (tertiary/aromatic N) is 2. The van der Waals surface area contributed by atoms with E-state index in [-0.39, 0.29) is 24.8 Å². The Hall–Kier alpha value is -1.06. The minimum atomic E-state index is 0. The molecule has 1 unspecified atom stereocenters. The van der Waals surface area contributed by atoms with Gasteiger partial charge in [-0.15, -0.1) is 24.8 Å². The number of rotatable bonds is 4. The zero-order valence-electron chi connectivity index (χ0n) is 13.9. The molecule has 0 spiro atoms. The van der Waals surface area contributed by atoms with Crippen LogP contribution in [0.25, 0.3) is 0 Å². The number of benzene rings is 2. The van der Waals surface area contributed by atoms with Crippen molar-refractivity contribution in [2.45, 2.75) is 18.9 Å². The molecule has 0 amide bonds. The van der Waals surface area contributed by atoms with Crippen LogP contribution < -0.4 is 0 Å². The lowest BCUT2D eigenvalue weighted by Gasteiger charge is -2.25. The Balaban J connectivity index is 0.00000144. The first-order valence-corrected chi connectivity index (χ1v) is 8.08. The van der Waals surface area contributed by atoms with Crippen molar-refractivity contribution in [2.24, 2.45) is 4.99 Å². The van der Waals surface area contributed by atoms with E-state index in [1.54, 1.807) is 0 Å². The molecule has 24 heavy (non-hydrogen) atoms. The van der Waals surface area contributed by atoms with Gasteiger partial charge in [0.25, 0.3) is 0 Å². The van der Waals surface area contributed by atoms with E-state index in [4.69, 9.17) is 16.6 Å². The summed E-state index contributed by atoms with van der Waals surface area (Å²) in [4.78, 5) is 7.25. The van der Waals surface area contributed by atoms with Gasteiger partial charge in [-0.05, 0) is 45.1 Å². The van der Waals surface area contributed by atoms with Crippen molar-refractivity contribution in [3.63, 3.8) is 0 Å². The summed E-state index contributed by atoms with van der Waals surface area (Å²) in [5.74, 6) is 0. The number of fused-ring (bicyclic) bond motifs is 1. The fraction of sp³-hybridized carbons (Fsp3) is 0.316. The summed E-state index contributed by atoms with van der Waals surface area (Å²) in [6, 6.07) is 16.8. The van der Waals surface area contributed by atoms with Gasteiger partial charge in [0.1, 0.15) is 0 Å². The van der Waals surface area contributed by atoms with Crippen molar-refractivity contribution < 1.29 is 0 Å². The molecule has 1 aliphatic heterocycles. The molecule has 2 nitrogen and oxygen atoms in total. The highest BCUT2D eigenvalue weighted by Gasteiger charge is 2.23. The molecule has 0 bridgehead atoms. The van der Waals surface area contributed by atoms with Gasteiger partial charge >= 0.3 is 0 Å². The predicted molar refractivity (Wildman–Crippen MR) is 109 cm³/mol.